The molecule has 1 fully saturated rings. The highest BCUT2D eigenvalue weighted by atomic mass is 16.7. The van der Waals surface area contributed by atoms with Gasteiger partial charge < -0.3 is 15.1 Å². The highest BCUT2D eigenvalue weighted by Gasteiger charge is 2.11. The zero-order chi connectivity index (χ0) is 9.52. The highest BCUT2D eigenvalue weighted by Crippen LogP contribution is 1.94. The van der Waals surface area contributed by atoms with Gasteiger partial charge in [-0.25, -0.2) is 5.84 Å². The third-order valence-electron chi connectivity index (χ3n) is 2.01. The summed E-state index contributed by atoms with van der Waals surface area (Å²) in [6.07, 6.45) is 0.379. The molecule has 0 radical (unpaired) electrons. The van der Waals surface area contributed by atoms with Crippen LogP contribution in [0.2, 0.25) is 0 Å². The van der Waals surface area contributed by atoms with E-state index in [2.05, 4.69) is 15.1 Å². The molecule has 4 N–H and O–H groups in total. The number of carbonyl (C=O) groups excluding carboxylic acids is 1. The molecular formula is C7H16N4O2. The van der Waals surface area contributed by atoms with Gasteiger partial charge in [0.2, 0.25) is 0 Å². The van der Waals surface area contributed by atoms with Crippen molar-refractivity contribution >= 4 is 5.97 Å². The number of hydrogen-bond acceptors (Lipinski definition) is 6. The van der Waals surface area contributed by atoms with E-state index in [0.29, 0.717) is 6.42 Å². The molecule has 0 saturated carbocycles. The van der Waals surface area contributed by atoms with Crippen LogP contribution in [0.5, 0.6) is 0 Å². The summed E-state index contributed by atoms with van der Waals surface area (Å²) in [6, 6.07) is 0. The summed E-state index contributed by atoms with van der Waals surface area (Å²) in [7, 11) is 0. The second-order valence-corrected chi connectivity index (χ2v) is 2.93. The molecule has 6 heteroatoms. The first-order chi connectivity index (χ1) is 6.33. The number of nitrogens with two attached hydrogens (primary N) is 1. The molecule has 1 aliphatic heterocycles. The van der Waals surface area contributed by atoms with Crippen molar-refractivity contribution in [3.63, 3.8) is 0 Å². The van der Waals surface area contributed by atoms with Crippen LogP contribution in [0.4, 0.5) is 0 Å². The van der Waals surface area contributed by atoms with Crippen LogP contribution in [0, 0.1) is 0 Å². The Hall–Kier alpha value is -0.690. The first-order valence-corrected chi connectivity index (χ1v) is 4.41. The molecule has 13 heavy (non-hydrogen) atoms. The maximum atomic E-state index is 10.9. The molecular weight excluding hydrogens is 172 g/mol. The van der Waals surface area contributed by atoms with Gasteiger partial charge in [-0.1, -0.05) is 5.59 Å². The van der Waals surface area contributed by atoms with Crippen LogP contribution in [0.1, 0.15) is 6.42 Å². The minimum Gasteiger partial charge on any atom is -0.356 e. The molecule has 0 aromatic rings. The van der Waals surface area contributed by atoms with Crippen LogP contribution in [0.3, 0.4) is 0 Å². The van der Waals surface area contributed by atoms with Crippen LogP contribution in [-0.2, 0) is 9.63 Å². The van der Waals surface area contributed by atoms with Crippen LogP contribution in [-0.4, -0.2) is 43.6 Å². The monoisotopic (exact) mass is 188 g/mol. The van der Waals surface area contributed by atoms with E-state index in [0.717, 1.165) is 32.7 Å². The fourth-order valence-corrected chi connectivity index (χ4v) is 1.30. The van der Waals surface area contributed by atoms with Gasteiger partial charge in [-0.2, -0.15) is 0 Å². The van der Waals surface area contributed by atoms with Gasteiger partial charge in [0, 0.05) is 32.7 Å². The molecule has 0 aromatic carbocycles. The molecule has 0 aromatic heterocycles. The molecule has 6 nitrogen and oxygen atoms in total. The maximum Gasteiger partial charge on any atom is 0.327 e. The minimum atomic E-state index is -0.318. The predicted octanol–water partition coefficient (Wildman–Crippen LogP) is -1.80. The van der Waals surface area contributed by atoms with Crippen molar-refractivity contribution in [2.75, 3.05) is 32.7 Å². The van der Waals surface area contributed by atoms with Crippen molar-refractivity contribution in [1.29, 1.82) is 0 Å². The van der Waals surface area contributed by atoms with Crippen LogP contribution >= 0.6 is 0 Å². The van der Waals surface area contributed by atoms with Gasteiger partial charge in [0.1, 0.15) is 0 Å². The summed E-state index contributed by atoms with van der Waals surface area (Å²) in [5.74, 6) is 4.50. The maximum absolute atomic E-state index is 10.9. The molecule has 0 amide bonds. The summed E-state index contributed by atoms with van der Waals surface area (Å²) in [4.78, 5) is 17.5. The van der Waals surface area contributed by atoms with Crippen LogP contribution < -0.4 is 16.7 Å². The molecule has 1 saturated heterocycles. The first kappa shape index (κ1) is 10.4. The van der Waals surface area contributed by atoms with E-state index in [9.17, 15) is 4.79 Å². The normalized spacial score (nSPS) is 18.5. The summed E-state index contributed by atoms with van der Waals surface area (Å²) < 4.78 is 0. The second kappa shape index (κ2) is 5.87. The molecule has 0 aliphatic carbocycles. The van der Waals surface area contributed by atoms with Gasteiger partial charge in [0.05, 0.1) is 6.42 Å². The molecule has 1 heterocycles. The number of piperazine rings is 1. The summed E-state index contributed by atoms with van der Waals surface area (Å²) in [5.41, 5.74) is 1.87. The molecule has 0 atom stereocenters. The summed E-state index contributed by atoms with van der Waals surface area (Å²) in [6.45, 7) is 4.70. The SMILES string of the molecule is NNOC(=O)CCN1CCNCC1. The number of nitrogens with zero attached hydrogens (tertiary/aromatic N) is 1. The number of nitrogens with one attached hydrogen (secondary N) is 2. The lowest BCUT2D eigenvalue weighted by Crippen LogP contribution is -2.44. The van der Waals surface area contributed by atoms with Crippen molar-refractivity contribution in [2.45, 2.75) is 6.42 Å². The van der Waals surface area contributed by atoms with Crippen molar-refractivity contribution in [3.05, 3.63) is 0 Å². The molecule has 76 valence electrons. The van der Waals surface area contributed by atoms with Crippen molar-refractivity contribution < 1.29 is 9.63 Å². The number of carbonyl (C=O) groups is 1. The standard InChI is InChI=1S/C7H16N4O2/c8-10-13-7(12)1-4-11-5-2-9-3-6-11/h9-10H,1-6,8H2. The zero-order valence-electron chi connectivity index (χ0n) is 7.58. The van der Waals surface area contributed by atoms with Crippen LogP contribution in [0.15, 0.2) is 0 Å². The van der Waals surface area contributed by atoms with E-state index in [1.165, 1.54) is 0 Å². The van der Waals surface area contributed by atoms with E-state index in [1.807, 2.05) is 5.59 Å². The van der Waals surface area contributed by atoms with E-state index < -0.39 is 0 Å². The Morgan fingerprint density at radius 2 is 2.23 bits per heavy atom. The Morgan fingerprint density at radius 3 is 2.85 bits per heavy atom. The summed E-state index contributed by atoms with van der Waals surface area (Å²) in [5, 5.41) is 3.24. The lowest BCUT2D eigenvalue weighted by molar-refractivity contribution is -0.151. The van der Waals surface area contributed by atoms with Gasteiger partial charge in [-0.15, -0.1) is 0 Å². The van der Waals surface area contributed by atoms with Gasteiger partial charge >= 0.3 is 5.97 Å². The Bertz CT molecular complexity index is 159. The van der Waals surface area contributed by atoms with E-state index in [1.54, 1.807) is 0 Å². The Kier molecular flexibility index (Phi) is 4.69. The fourth-order valence-electron chi connectivity index (χ4n) is 1.30. The third-order valence-corrected chi connectivity index (χ3v) is 2.01. The number of hydrogen-bond donors (Lipinski definition) is 3. The Morgan fingerprint density at radius 1 is 1.54 bits per heavy atom. The minimum absolute atomic E-state index is 0.318. The van der Waals surface area contributed by atoms with E-state index in [-0.39, 0.29) is 5.97 Å². The smallest absolute Gasteiger partial charge is 0.327 e. The van der Waals surface area contributed by atoms with Crippen molar-refractivity contribution in [2.24, 2.45) is 5.84 Å². The molecule has 0 unspecified atom stereocenters. The zero-order valence-corrected chi connectivity index (χ0v) is 7.58. The molecule has 1 aliphatic rings. The highest BCUT2D eigenvalue weighted by molar-refractivity contribution is 5.69. The lowest BCUT2D eigenvalue weighted by Gasteiger charge is -2.26. The second-order valence-electron chi connectivity index (χ2n) is 2.93. The molecule has 0 bridgehead atoms. The lowest BCUT2D eigenvalue weighted by atomic mass is 10.3. The Labute approximate surface area is 77.3 Å². The first-order valence-electron chi connectivity index (χ1n) is 4.41. The molecule has 1 rings (SSSR count). The van der Waals surface area contributed by atoms with Crippen LogP contribution in [0.25, 0.3) is 0 Å². The van der Waals surface area contributed by atoms with Crippen molar-refractivity contribution in [1.82, 2.24) is 15.8 Å². The van der Waals surface area contributed by atoms with Gasteiger partial charge in [0.25, 0.3) is 0 Å². The van der Waals surface area contributed by atoms with E-state index >= 15 is 0 Å². The quantitative estimate of drug-likeness (QED) is 0.357. The topological polar surface area (TPSA) is 79.6 Å². The van der Waals surface area contributed by atoms with Crippen molar-refractivity contribution in [3.8, 4) is 0 Å². The van der Waals surface area contributed by atoms with Gasteiger partial charge in [-0.3, -0.25) is 4.79 Å². The van der Waals surface area contributed by atoms with Gasteiger partial charge in [0.15, 0.2) is 0 Å². The van der Waals surface area contributed by atoms with E-state index in [4.69, 9.17) is 5.84 Å². The average molecular weight is 188 g/mol. The Balaban J connectivity index is 2.06. The third kappa shape index (κ3) is 4.18. The van der Waals surface area contributed by atoms with Gasteiger partial charge in [-0.05, 0) is 0 Å². The number of hydrazine groups is 1. The molecule has 0 spiro atoms. The largest absolute Gasteiger partial charge is 0.356 e. The average Bonchev–Trinajstić information content (AvgIpc) is 2.17. The predicted molar refractivity (Wildman–Crippen MR) is 47.3 cm³/mol. The number of rotatable bonds is 4. The summed E-state index contributed by atoms with van der Waals surface area (Å²) >= 11 is 0. The fraction of sp³-hybridized carbons (Fsp3) is 0.857.